The van der Waals surface area contributed by atoms with Gasteiger partial charge in [0, 0.05) is 20.0 Å². The zero-order valence-electron chi connectivity index (χ0n) is 18.2. The minimum absolute atomic E-state index is 0.0252. The SMILES string of the molecule is CCCNC(=O)N(C)CC(=O)N1N=C(c2ccc(C)c(C)c2)CC1c1ccccc1. The van der Waals surface area contributed by atoms with Crippen LogP contribution in [0.3, 0.4) is 0 Å². The average Bonchev–Trinajstić information content (AvgIpc) is 3.20. The molecule has 1 atom stereocenters. The summed E-state index contributed by atoms with van der Waals surface area (Å²) in [4.78, 5) is 26.7. The zero-order valence-corrected chi connectivity index (χ0v) is 18.2. The van der Waals surface area contributed by atoms with E-state index in [1.165, 1.54) is 16.0 Å². The van der Waals surface area contributed by atoms with Crippen molar-refractivity contribution in [2.45, 2.75) is 39.7 Å². The van der Waals surface area contributed by atoms with Crippen molar-refractivity contribution in [1.82, 2.24) is 15.2 Å². The molecule has 1 N–H and O–H groups in total. The first-order valence-electron chi connectivity index (χ1n) is 10.4. The number of rotatable bonds is 6. The standard InChI is InChI=1S/C24H30N4O2/c1-5-13-25-24(30)27(4)16-23(29)28-22(19-9-7-6-8-10-19)15-21(26-28)20-12-11-17(2)18(3)14-20/h6-12,14,22H,5,13,15-16H2,1-4H3,(H,25,30). The largest absolute Gasteiger partial charge is 0.338 e. The van der Waals surface area contributed by atoms with Crippen molar-refractivity contribution in [1.29, 1.82) is 0 Å². The lowest BCUT2D eigenvalue weighted by Gasteiger charge is -2.25. The van der Waals surface area contributed by atoms with Crippen LogP contribution in [-0.2, 0) is 4.79 Å². The molecule has 3 amide bonds. The maximum Gasteiger partial charge on any atom is 0.317 e. The van der Waals surface area contributed by atoms with Crippen LogP contribution in [0.15, 0.2) is 53.6 Å². The number of urea groups is 1. The second kappa shape index (κ2) is 9.57. The molecule has 1 aliphatic rings. The predicted molar refractivity (Wildman–Crippen MR) is 119 cm³/mol. The van der Waals surface area contributed by atoms with E-state index in [1.54, 1.807) is 12.1 Å². The Kier molecular flexibility index (Phi) is 6.87. The number of hydrogen-bond acceptors (Lipinski definition) is 3. The van der Waals surface area contributed by atoms with Crippen molar-refractivity contribution in [2.75, 3.05) is 20.1 Å². The third-order valence-electron chi connectivity index (χ3n) is 5.44. The van der Waals surface area contributed by atoms with Crippen LogP contribution in [0.5, 0.6) is 0 Å². The van der Waals surface area contributed by atoms with Crippen molar-refractivity contribution in [3.63, 3.8) is 0 Å². The normalized spacial score (nSPS) is 15.7. The van der Waals surface area contributed by atoms with Crippen molar-refractivity contribution in [3.05, 3.63) is 70.8 Å². The summed E-state index contributed by atoms with van der Waals surface area (Å²) in [6.07, 6.45) is 1.49. The Labute approximate surface area is 178 Å². The molecule has 2 aromatic rings. The number of carbonyl (C=O) groups excluding carboxylic acids is 2. The van der Waals surface area contributed by atoms with Gasteiger partial charge >= 0.3 is 6.03 Å². The van der Waals surface area contributed by atoms with Crippen LogP contribution >= 0.6 is 0 Å². The molecule has 0 spiro atoms. The van der Waals surface area contributed by atoms with Gasteiger partial charge < -0.3 is 10.2 Å². The fraction of sp³-hybridized carbons (Fsp3) is 0.375. The lowest BCUT2D eigenvalue weighted by atomic mass is 9.96. The van der Waals surface area contributed by atoms with Crippen LogP contribution < -0.4 is 5.32 Å². The molecule has 0 aliphatic carbocycles. The van der Waals surface area contributed by atoms with Crippen LogP contribution in [0, 0.1) is 13.8 Å². The zero-order chi connectivity index (χ0) is 21.7. The highest BCUT2D eigenvalue weighted by molar-refractivity contribution is 6.03. The van der Waals surface area contributed by atoms with Gasteiger partial charge in [0.05, 0.1) is 11.8 Å². The topological polar surface area (TPSA) is 65.0 Å². The van der Waals surface area contributed by atoms with Crippen LogP contribution in [0.4, 0.5) is 4.79 Å². The summed E-state index contributed by atoms with van der Waals surface area (Å²) in [7, 11) is 1.63. The van der Waals surface area contributed by atoms with Gasteiger partial charge in [0.1, 0.15) is 6.54 Å². The van der Waals surface area contributed by atoms with Gasteiger partial charge in [0.2, 0.25) is 0 Å². The van der Waals surface area contributed by atoms with E-state index >= 15 is 0 Å². The third kappa shape index (κ3) is 4.87. The summed E-state index contributed by atoms with van der Waals surface area (Å²) >= 11 is 0. The second-order valence-electron chi connectivity index (χ2n) is 7.80. The quantitative estimate of drug-likeness (QED) is 0.787. The Hall–Kier alpha value is -3.15. The average molecular weight is 407 g/mol. The maximum absolute atomic E-state index is 13.1. The van der Waals surface area contributed by atoms with Crippen molar-refractivity contribution in [3.8, 4) is 0 Å². The summed E-state index contributed by atoms with van der Waals surface area (Å²) < 4.78 is 0. The van der Waals surface area contributed by atoms with Crippen molar-refractivity contribution >= 4 is 17.6 Å². The molecule has 0 radical (unpaired) electrons. The lowest BCUT2D eigenvalue weighted by Crippen LogP contribution is -2.43. The van der Waals surface area contributed by atoms with E-state index in [1.807, 2.05) is 37.3 Å². The number of amides is 3. The summed E-state index contributed by atoms with van der Waals surface area (Å²) in [6, 6.07) is 15.8. The van der Waals surface area contributed by atoms with Gasteiger partial charge in [-0.15, -0.1) is 0 Å². The molecule has 1 unspecified atom stereocenters. The van der Waals surface area contributed by atoms with E-state index in [9.17, 15) is 9.59 Å². The highest BCUT2D eigenvalue weighted by Gasteiger charge is 2.33. The van der Waals surface area contributed by atoms with E-state index in [0.29, 0.717) is 13.0 Å². The van der Waals surface area contributed by atoms with E-state index in [-0.39, 0.29) is 24.5 Å². The number of hydrazone groups is 1. The van der Waals surface area contributed by atoms with Gasteiger partial charge in [-0.1, -0.05) is 49.4 Å². The number of nitrogens with zero attached hydrogens (tertiary/aromatic N) is 3. The van der Waals surface area contributed by atoms with E-state index in [4.69, 9.17) is 5.10 Å². The molecule has 2 aromatic carbocycles. The molecular formula is C24H30N4O2. The Morgan fingerprint density at radius 3 is 2.53 bits per heavy atom. The Bertz CT molecular complexity index is 939. The number of carbonyl (C=O) groups is 2. The predicted octanol–water partition coefficient (Wildman–Crippen LogP) is 4.03. The number of nitrogens with one attached hydrogen (secondary N) is 1. The Balaban J connectivity index is 1.84. The van der Waals surface area contributed by atoms with Gasteiger partial charge in [-0.2, -0.15) is 5.10 Å². The van der Waals surface area contributed by atoms with Crippen molar-refractivity contribution < 1.29 is 9.59 Å². The molecule has 0 aromatic heterocycles. The monoisotopic (exact) mass is 406 g/mol. The first-order valence-corrected chi connectivity index (χ1v) is 10.4. The fourth-order valence-electron chi connectivity index (χ4n) is 3.48. The van der Waals surface area contributed by atoms with Gasteiger partial charge in [0.25, 0.3) is 5.91 Å². The van der Waals surface area contributed by atoms with Gasteiger partial charge in [-0.05, 0) is 48.6 Å². The molecule has 0 saturated carbocycles. The summed E-state index contributed by atoms with van der Waals surface area (Å²) in [6.45, 7) is 6.71. The number of hydrogen-bond donors (Lipinski definition) is 1. The first-order chi connectivity index (χ1) is 14.4. The highest BCUT2D eigenvalue weighted by atomic mass is 16.2. The first kappa shape index (κ1) is 21.6. The Morgan fingerprint density at radius 2 is 1.87 bits per heavy atom. The third-order valence-corrected chi connectivity index (χ3v) is 5.44. The number of benzene rings is 2. The smallest absolute Gasteiger partial charge is 0.317 e. The van der Waals surface area contributed by atoms with Crippen LogP contribution in [0.2, 0.25) is 0 Å². The molecule has 0 saturated heterocycles. The minimum atomic E-state index is -0.251. The minimum Gasteiger partial charge on any atom is -0.338 e. The van der Waals surface area contributed by atoms with Gasteiger partial charge in [-0.25, -0.2) is 9.80 Å². The van der Waals surface area contributed by atoms with E-state index in [0.717, 1.165) is 23.3 Å². The molecular weight excluding hydrogens is 376 g/mol. The summed E-state index contributed by atoms with van der Waals surface area (Å²) in [5.41, 5.74) is 5.38. The lowest BCUT2D eigenvalue weighted by molar-refractivity contribution is -0.133. The van der Waals surface area contributed by atoms with Gasteiger partial charge in [-0.3, -0.25) is 4.79 Å². The molecule has 1 heterocycles. The molecule has 3 rings (SSSR count). The maximum atomic E-state index is 13.1. The molecule has 158 valence electrons. The van der Waals surface area contributed by atoms with Crippen LogP contribution in [0.1, 0.15) is 48.1 Å². The molecule has 6 heteroatoms. The molecule has 0 bridgehead atoms. The van der Waals surface area contributed by atoms with E-state index in [2.05, 4.69) is 37.4 Å². The van der Waals surface area contributed by atoms with Crippen LogP contribution in [-0.4, -0.2) is 47.7 Å². The fourth-order valence-corrected chi connectivity index (χ4v) is 3.48. The molecule has 1 aliphatic heterocycles. The second-order valence-corrected chi connectivity index (χ2v) is 7.80. The summed E-state index contributed by atoms with van der Waals surface area (Å²) in [5.74, 6) is -0.197. The molecule has 0 fully saturated rings. The highest BCUT2D eigenvalue weighted by Crippen LogP contribution is 2.33. The van der Waals surface area contributed by atoms with Gasteiger partial charge in [0.15, 0.2) is 0 Å². The van der Waals surface area contributed by atoms with Crippen molar-refractivity contribution in [2.24, 2.45) is 5.10 Å². The Morgan fingerprint density at radius 1 is 1.13 bits per heavy atom. The number of aryl methyl sites for hydroxylation is 2. The van der Waals surface area contributed by atoms with Crippen LogP contribution in [0.25, 0.3) is 0 Å². The summed E-state index contributed by atoms with van der Waals surface area (Å²) in [5, 5.41) is 9.05. The van der Waals surface area contributed by atoms with E-state index < -0.39 is 0 Å². The molecule has 6 nitrogen and oxygen atoms in total. The number of likely N-dealkylation sites (N-methyl/N-ethyl adjacent to an activating group) is 1. The molecule has 30 heavy (non-hydrogen) atoms.